The van der Waals surface area contributed by atoms with Crippen molar-refractivity contribution in [3.8, 4) is 16.9 Å². The summed E-state index contributed by atoms with van der Waals surface area (Å²) in [4.78, 5) is 29.2. The van der Waals surface area contributed by atoms with Crippen LogP contribution >= 0.6 is 23.4 Å². The number of carbonyl (C=O) groups excluding carboxylic acids is 2. The highest BCUT2D eigenvalue weighted by atomic mass is 35.5. The van der Waals surface area contributed by atoms with Gasteiger partial charge in [-0.05, 0) is 12.1 Å². The molecule has 0 atom stereocenters. The normalized spacial score (nSPS) is 13.8. The molecule has 1 aliphatic rings. The van der Waals surface area contributed by atoms with Gasteiger partial charge in [0.15, 0.2) is 5.16 Å². The van der Waals surface area contributed by atoms with Crippen LogP contribution in [0.15, 0.2) is 66.0 Å². The van der Waals surface area contributed by atoms with Crippen LogP contribution in [0, 0.1) is 0 Å². The van der Waals surface area contributed by atoms with Gasteiger partial charge in [0.25, 0.3) is 0 Å². The number of urea groups is 1. The van der Waals surface area contributed by atoms with Gasteiger partial charge >= 0.3 is 6.03 Å². The number of nitrogens with one attached hydrogen (secondary N) is 1. The van der Waals surface area contributed by atoms with Crippen LogP contribution in [-0.2, 0) is 4.79 Å². The molecule has 1 aliphatic heterocycles. The first-order valence-electron chi connectivity index (χ1n) is 8.74. The highest BCUT2D eigenvalue weighted by molar-refractivity contribution is 7.99. The maximum atomic E-state index is 11.7. The van der Waals surface area contributed by atoms with Crippen LogP contribution < -0.4 is 5.32 Å². The molecule has 0 aliphatic carbocycles. The zero-order valence-corrected chi connectivity index (χ0v) is 16.4. The van der Waals surface area contributed by atoms with Crippen molar-refractivity contribution in [1.29, 1.82) is 0 Å². The second-order valence-electron chi connectivity index (χ2n) is 6.13. The van der Waals surface area contributed by atoms with E-state index >= 15 is 0 Å². The number of aromatic nitrogens is 2. The molecule has 142 valence electrons. The van der Waals surface area contributed by atoms with Gasteiger partial charge in [-0.3, -0.25) is 14.3 Å². The Morgan fingerprint density at radius 3 is 2.54 bits per heavy atom. The monoisotopic (exact) mass is 412 g/mol. The average Bonchev–Trinajstić information content (AvgIpc) is 3.27. The smallest absolute Gasteiger partial charge is 0.324 e. The molecule has 2 aromatic carbocycles. The molecule has 3 aromatic rings. The number of carbonyl (C=O) groups is 2. The molecular weight excluding hydrogens is 396 g/mol. The lowest BCUT2D eigenvalue weighted by Crippen LogP contribution is -2.32. The molecule has 3 amide bonds. The average molecular weight is 413 g/mol. The van der Waals surface area contributed by atoms with E-state index in [0.29, 0.717) is 17.3 Å². The van der Waals surface area contributed by atoms with Crippen LogP contribution in [0.4, 0.5) is 4.79 Å². The third-order valence-corrected chi connectivity index (χ3v) is 5.63. The standard InChI is InChI=1S/C20H17ClN4O2S/c21-15-8-4-5-9-16(15)25-17(14-6-2-1-3-7-14)12-23-20(25)28-11-10-24-18(26)13-22-19(24)27/h1-9,12H,10-11,13H2,(H,22,27). The molecule has 1 fully saturated rings. The van der Waals surface area contributed by atoms with Crippen LogP contribution in [0.25, 0.3) is 16.9 Å². The molecule has 0 spiro atoms. The summed E-state index contributed by atoms with van der Waals surface area (Å²) in [7, 11) is 0. The van der Waals surface area contributed by atoms with E-state index in [9.17, 15) is 9.59 Å². The zero-order chi connectivity index (χ0) is 19.5. The molecule has 0 bridgehead atoms. The number of rotatable bonds is 6. The first-order valence-corrected chi connectivity index (χ1v) is 10.1. The van der Waals surface area contributed by atoms with Gasteiger partial charge in [0.1, 0.15) is 0 Å². The number of imidazole rings is 1. The van der Waals surface area contributed by atoms with Crippen LogP contribution in [0.1, 0.15) is 0 Å². The second-order valence-corrected chi connectivity index (χ2v) is 7.60. The molecule has 2 heterocycles. The van der Waals surface area contributed by atoms with Crippen molar-refractivity contribution >= 4 is 35.3 Å². The Balaban J connectivity index is 1.64. The molecule has 6 nitrogen and oxygen atoms in total. The lowest BCUT2D eigenvalue weighted by atomic mass is 10.1. The summed E-state index contributed by atoms with van der Waals surface area (Å²) in [5.41, 5.74) is 2.78. The molecule has 8 heteroatoms. The Morgan fingerprint density at radius 1 is 1.07 bits per heavy atom. The fourth-order valence-corrected chi connectivity index (χ4v) is 4.15. The predicted octanol–water partition coefficient (Wildman–Crippen LogP) is 3.84. The first kappa shape index (κ1) is 18.6. The van der Waals surface area contributed by atoms with E-state index in [0.717, 1.165) is 22.1 Å². The molecule has 0 saturated carbocycles. The Kier molecular flexibility index (Phi) is 5.36. The molecule has 0 radical (unpaired) electrons. The van der Waals surface area contributed by atoms with Crippen molar-refractivity contribution < 1.29 is 9.59 Å². The highest BCUT2D eigenvalue weighted by Gasteiger charge is 2.28. The van der Waals surface area contributed by atoms with Crippen molar-refractivity contribution in [2.45, 2.75) is 5.16 Å². The molecule has 0 unspecified atom stereocenters. The molecule has 1 N–H and O–H groups in total. The summed E-state index contributed by atoms with van der Waals surface area (Å²) in [5.74, 6) is 0.333. The Labute approximate surface area is 171 Å². The molecule has 28 heavy (non-hydrogen) atoms. The van der Waals surface area contributed by atoms with Gasteiger partial charge in [-0.1, -0.05) is 65.8 Å². The van der Waals surface area contributed by atoms with E-state index in [-0.39, 0.29) is 18.5 Å². The topological polar surface area (TPSA) is 67.2 Å². The van der Waals surface area contributed by atoms with Crippen molar-refractivity contribution in [3.05, 3.63) is 65.8 Å². The summed E-state index contributed by atoms with van der Waals surface area (Å²) in [6.45, 7) is 0.390. The van der Waals surface area contributed by atoms with Gasteiger partial charge in [0, 0.05) is 17.9 Å². The summed E-state index contributed by atoms with van der Waals surface area (Å²) in [5, 5.41) is 3.90. The summed E-state index contributed by atoms with van der Waals surface area (Å²) >= 11 is 7.94. The first-order chi connectivity index (χ1) is 13.6. The number of hydrogen-bond acceptors (Lipinski definition) is 4. The minimum atomic E-state index is -0.343. The second kappa shape index (κ2) is 8.08. The van der Waals surface area contributed by atoms with Crippen molar-refractivity contribution in [3.63, 3.8) is 0 Å². The van der Waals surface area contributed by atoms with Crippen LogP contribution in [0.3, 0.4) is 0 Å². The number of nitrogens with zero attached hydrogens (tertiary/aromatic N) is 3. The Morgan fingerprint density at radius 2 is 1.82 bits per heavy atom. The summed E-state index contributed by atoms with van der Waals surface area (Å²) in [6, 6.07) is 17.2. The van der Waals surface area contributed by atoms with Crippen LogP contribution in [-0.4, -0.2) is 45.2 Å². The number of imide groups is 1. The number of thioether (sulfide) groups is 1. The largest absolute Gasteiger partial charge is 0.329 e. The summed E-state index contributed by atoms with van der Waals surface area (Å²) < 4.78 is 2.01. The van der Waals surface area contributed by atoms with E-state index in [1.54, 1.807) is 0 Å². The van der Waals surface area contributed by atoms with Gasteiger partial charge in [-0.25, -0.2) is 9.78 Å². The van der Waals surface area contributed by atoms with Crippen molar-refractivity contribution in [2.75, 3.05) is 18.8 Å². The SMILES string of the molecule is O=C1CNC(=O)N1CCSc1ncc(-c2ccccc2)n1-c1ccccc1Cl. The van der Waals surface area contributed by atoms with Crippen LogP contribution in [0.5, 0.6) is 0 Å². The van der Waals surface area contributed by atoms with Crippen molar-refractivity contribution in [1.82, 2.24) is 19.8 Å². The van der Waals surface area contributed by atoms with E-state index in [1.807, 2.05) is 65.4 Å². The summed E-state index contributed by atoms with van der Waals surface area (Å²) in [6.07, 6.45) is 1.81. The number of benzene rings is 2. The maximum Gasteiger partial charge on any atom is 0.324 e. The highest BCUT2D eigenvalue weighted by Crippen LogP contribution is 2.32. The predicted molar refractivity (Wildman–Crippen MR) is 110 cm³/mol. The van der Waals surface area contributed by atoms with Crippen LogP contribution in [0.2, 0.25) is 5.02 Å². The minimum absolute atomic E-state index is 0.0654. The third-order valence-electron chi connectivity index (χ3n) is 4.38. The van der Waals surface area contributed by atoms with Gasteiger partial charge in [0.2, 0.25) is 5.91 Å². The number of amides is 3. The lowest BCUT2D eigenvalue weighted by Gasteiger charge is -2.15. The van der Waals surface area contributed by atoms with Gasteiger partial charge in [-0.15, -0.1) is 0 Å². The third kappa shape index (κ3) is 3.63. The molecule has 4 rings (SSSR count). The zero-order valence-electron chi connectivity index (χ0n) is 14.8. The fraction of sp³-hybridized carbons (Fsp3) is 0.150. The number of para-hydroxylation sites is 1. The Bertz CT molecular complexity index is 1010. The number of halogens is 1. The Hall–Kier alpha value is -2.77. The van der Waals surface area contributed by atoms with Gasteiger partial charge < -0.3 is 5.32 Å². The quantitative estimate of drug-likeness (QED) is 0.493. The van der Waals surface area contributed by atoms with E-state index in [2.05, 4.69) is 10.3 Å². The minimum Gasteiger partial charge on any atom is -0.329 e. The van der Waals surface area contributed by atoms with Gasteiger partial charge in [-0.2, -0.15) is 0 Å². The van der Waals surface area contributed by atoms with Gasteiger partial charge in [0.05, 0.1) is 29.1 Å². The lowest BCUT2D eigenvalue weighted by molar-refractivity contribution is -0.124. The molecule has 1 saturated heterocycles. The van der Waals surface area contributed by atoms with E-state index in [1.165, 1.54) is 16.7 Å². The van der Waals surface area contributed by atoms with E-state index < -0.39 is 0 Å². The van der Waals surface area contributed by atoms with Crippen molar-refractivity contribution in [2.24, 2.45) is 0 Å². The number of hydrogen-bond donors (Lipinski definition) is 1. The maximum absolute atomic E-state index is 11.7. The molecule has 1 aromatic heterocycles. The fourth-order valence-electron chi connectivity index (χ4n) is 3.02. The van der Waals surface area contributed by atoms with E-state index in [4.69, 9.17) is 11.6 Å². The molecular formula is C20H17ClN4O2S.